The van der Waals surface area contributed by atoms with Crippen LogP contribution in [0.3, 0.4) is 0 Å². The van der Waals surface area contributed by atoms with Crippen molar-refractivity contribution in [3.05, 3.63) is 22.7 Å². The molecule has 0 bridgehead atoms. The van der Waals surface area contributed by atoms with Crippen LogP contribution in [0.1, 0.15) is 26.3 Å². The van der Waals surface area contributed by atoms with Crippen LogP contribution in [0, 0.1) is 5.92 Å². The van der Waals surface area contributed by atoms with Crippen LogP contribution in [-0.2, 0) is 16.0 Å². The van der Waals surface area contributed by atoms with Gasteiger partial charge in [0.25, 0.3) is 0 Å². The van der Waals surface area contributed by atoms with Gasteiger partial charge in [0.2, 0.25) is 11.8 Å². The Bertz CT molecular complexity index is 707. The number of piperazine rings is 1. The molecule has 1 unspecified atom stereocenters. The van der Waals surface area contributed by atoms with Crippen LogP contribution >= 0.6 is 11.6 Å². The van der Waals surface area contributed by atoms with Crippen molar-refractivity contribution in [1.82, 2.24) is 9.80 Å². The van der Waals surface area contributed by atoms with Crippen LogP contribution in [0.25, 0.3) is 0 Å². The van der Waals surface area contributed by atoms with Crippen LogP contribution < -0.4 is 9.47 Å². The van der Waals surface area contributed by atoms with Gasteiger partial charge in [-0.25, -0.2) is 0 Å². The smallest absolute Gasteiger partial charge is 0.245 e. The van der Waals surface area contributed by atoms with Gasteiger partial charge in [0, 0.05) is 30.7 Å². The molecule has 0 saturated carbocycles. The topological polar surface area (TPSA) is 59.1 Å². The van der Waals surface area contributed by atoms with Gasteiger partial charge in [-0.2, -0.15) is 0 Å². The van der Waals surface area contributed by atoms with E-state index in [2.05, 4.69) is 13.8 Å². The monoisotopic (exact) mass is 380 g/mol. The van der Waals surface area contributed by atoms with Gasteiger partial charge in [-0.15, -0.1) is 0 Å². The SMILES string of the molecule is CC(C)CN1CCN(C(=O)Cc2cc3c(cc2Cl)OCCO3)C(C)C1=O. The van der Waals surface area contributed by atoms with Gasteiger partial charge >= 0.3 is 0 Å². The average molecular weight is 381 g/mol. The second-order valence-electron chi connectivity index (χ2n) is 7.21. The normalized spacial score (nSPS) is 19.9. The summed E-state index contributed by atoms with van der Waals surface area (Å²) < 4.78 is 11.1. The molecule has 0 radical (unpaired) electrons. The van der Waals surface area contributed by atoms with Gasteiger partial charge < -0.3 is 19.3 Å². The van der Waals surface area contributed by atoms with E-state index in [1.807, 2.05) is 4.90 Å². The number of amides is 2. The maximum Gasteiger partial charge on any atom is 0.245 e. The van der Waals surface area contributed by atoms with E-state index in [1.54, 1.807) is 24.0 Å². The molecule has 1 aromatic carbocycles. The maximum atomic E-state index is 12.8. The van der Waals surface area contributed by atoms with Crippen molar-refractivity contribution in [2.24, 2.45) is 5.92 Å². The Morgan fingerprint density at radius 2 is 1.88 bits per heavy atom. The van der Waals surface area contributed by atoms with Crippen LogP contribution in [-0.4, -0.2) is 60.5 Å². The van der Waals surface area contributed by atoms with Crippen LogP contribution in [0.5, 0.6) is 11.5 Å². The highest BCUT2D eigenvalue weighted by atomic mass is 35.5. The Kier molecular flexibility index (Phi) is 5.61. The number of fused-ring (bicyclic) bond motifs is 1. The largest absolute Gasteiger partial charge is 0.486 e. The van der Waals surface area contributed by atoms with Crippen LogP contribution in [0.2, 0.25) is 5.02 Å². The van der Waals surface area contributed by atoms with Crippen molar-refractivity contribution in [3.63, 3.8) is 0 Å². The lowest BCUT2D eigenvalue weighted by Crippen LogP contribution is -2.58. The standard InChI is InChI=1S/C19H25ClN2O4/c1-12(2)11-21-4-5-22(13(3)19(21)24)18(23)9-14-8-16-17(10-15(14)20)26-7-6-25-16/h8,10,12-13H,4-7,9,11H2,1-3H3. The highest BCUT2D eigenvalue weighted by molar-refractivity contribution is 6.31. The first-order valence-corrected chi connectivity index (χ1v) is 9.41. The van der Waals surface area contributed by atoms with Gasteiger partial charge in [-0.1, -0.05) is 25.4 Å². The fourth-order valence-electron chi connectivity index (χ4n) is 3.40. The molecule has 1 atom stereocenters. The molecule has 26 heavy (non-hydrogen) atoms. The van der Waals surface area contributed by atoms with E-state index in [4.69, 9.17) is 21.1 Å². The van der Waals surface area contributed by atoms with E-state index in [0.29, 0.717) is 54.3 Å². The number of benzene rings is 1. The third-order valence-electron chi connectivity index (χ3n) is 4.71. The number of hydrogen-bond acceptors (Lipinski definition) is 4. The molecule has 1 fully saturated rings. The van der Waals surface area contributed by atoms with Gasteiger partial charge in [0.05, 0.1) is 6.42 Å². The minimum absolute atomic E-state index is 0.00608. The molecule has 2 amide bonds. The zero-order valence-corrected chi connectivity index (χ0v) is 16.2. The quantitative estimate of drug-likeness (QED) is 0.804. The minimum atomic E-state index is -0.453. The summed E-state index contributed by atoms with van der Waals surface area (Å²) in [5.74, 6) is 1.52. The number of rotatable bonds is 4. The first-order chi connectivity index (χ1) is 12.4. The Labute approximate surface area is 159 Å². The summed E-state index contributed by atoms with van der Waals surface area (Å²) in [4.78, 5) is 28.8. The zero-order valence-electron chi connectivity index (χ0n) is 15.5. The second kappa shape index (κ2) is 7.74. The van der Waals surface area contributed by atoms with Crippen LogP contribution in [0.4, 0.5) is 0 Å². The third kappa shape index (κ3) is 3.90. The summed E-state index contributed by atoms with van der Waals surface area (Å²) in [6.45, 7) is 8.76. The number of carbonyl (C=O) groups is 2. The predicted octanol–water partition coefficient (Wildman–Crippen LogP) is 2.37. The summed E-state index contributed by atoms with van der Waals surface area (Å²) in [5, 5.41) is 0.472. The molecule has 2 heterocycles. The molecule has 142 valence electrons. The molecular weight excluding hydrogens is 356 g/mol. The molecule has 0 aromatic heterocycles. The average Bonchev–Trinajstić information content (AvgIpc) is 2.59. The Morgan fingerprint density at radius 1 is 1.23 bits per heavy atom. The van der Waals surface area contributed by atoms with Crippen molar-refractivity contribution in [3.8, 4) is 11.5 Å². The molecule has 7 heteroatoms. The number of carbonyl (C=O) groups excluding carboxylic acids is 2. The first-order valence-electron chi connectivity index (χ1n) is 9.03. The summed E-state index contributed by atoms with van der Waals surface area (Å²) in [6, 6.07) is 3.00. The van der Waals surface area contributed by atoms with E-state index in [-0.39, 0.29) is 18.2 Å². The highest BCUT2D eigenvalue weighted by Gasteiger charge is 2.34. The molecule has 2 aliphatic heterocycles. The van der Waals surface area contributed by atoms with E-state index >= 15 is 0 Å². The third-order valence-corrected chi connectivity index (χ3v) is 5.06. The molecule has 3 rings (SSSR count). The van der Waals surface area contributed by atoms with E-state index in [1.165, 1.54) is 0 Å². The second-order valence-corrected chi connectivity index (χ2v) is 7.61. The molecule has 0 spiro atoms. The molecule has 1 aromatic rings. The number of halogens is 1. The van der Waals surface area contributed by atoms with E-state index < -0.39 is 6.04 Å². The Balaban J connectivity index is 1.70. The summed E-state index contributed by atoms with van der Waals surface area (Å²) in [7, 11) is 0. The fraction of sp³-hybridized carbons (Fsp3) is 0.579. The van der Waals surface area contributed by atoms with Crippen molar-refractivity contribution in [2.45, 2.75) is 33.2 Å². The Hall–Kier alpha value is -1.95. The highest BCUT2D eigenvalue weighted by Crippen LogP contribution is 2.35. The first kappa shape index (κ1) is 18.8. The summed E-state index contributed by atoms with van der Waals surface area (Å²) in [5.41, 5.74) is 0.685. The minimum Gasteiger partial charge on any atom is -0.486 e. The van der Waals surface area contributed by atoms with Gasteiger partial charge in [0.15, 0.2) is 11.5 Å². The lowest BCUT2D eigenvalue weighted by Gasteiger charge is -2.40. The predicted molar refractivity (Wildman–Crippen MR) is 98.7 cm³/mol. The molecule has 2 aliphatic rings. The lowest BCUT2D eigenvalue weighted by atomic mass is 10.1. The zero-order chi connectivity index (χ0) is 18.8. The van der Waals surface area contributed by atoms with E-state index in [0.717, 1.165) is 6.54 Å². The molecule has 6 nitrogen and oxygen atoms in total. The summed E-state index contributed by atoms with van der Waals surface area (Å²) in [6.07, 6.45) is 0.136. The molecule has 1 saturated heterocycles. The van der Waals surface area contributed by atoms with Crippen LogP contribution in [0.15, 0.2) is 12.1 Å². The molecule has 0 N–H and O–H groups in total. The van der Waals surface area contributed by atoms with E-state index in [9.17, 15) is 9.59 Å². The van der Waals surface area contributed by atoms with Crippen molar-refractivity contribution < 1.29 is 19.1 Å². The van der Waals surface area contributed by atoms with Gasteiger partial charge in [-0.3, -0.25) is 9.59 Å². The maximum absolute atomic E-state index is 12.8. The summed E-state index contributed by atoms with van der Waals surface area (Å²) >= 11 is 6.31. The Morgan fingerprint density at radius 3 is 2.54 bits per heavy atom. The van der Waals surface area contributed by atoms with Crippen molar-refractivity contribution in [2.75, 3.05) is 32.8 Å². The molecular formula is C19H25ClN2O4. The van der Waals surface area contributed by atoms with Crippen molar-refractivity contribution >= 4 is 23.4 Å². The van der Waals surface area contributed by atoms with Gasteiger partial charge in [0.1, 0.15) is 19.3 Å². The lowest BCUT2D eigenvalue weighted by molar-refractivity contribution is -0.150. The fourth-order valence-corrected chi connectivity index (χ4v) is 3.62. The number of ether oxygens (including phenoxy) is 2. The number of hydrogen-bond donors (Lipinski definition) is 0. The van der Waals surface area contributed by atoms with Gasteiger partial charge in [-0.05, 0) is 24.5 Å². The van der Waals surface area contributed by atoms with Crippen molar-refractivity contribution in [1.29, 1.82) is 0 Å². The molecule has 0 aliphatic carbocycles. The number of nitrogens with zero attached hydrogens (tertiary/aromatic N) is 2.